The van der Waals surface area contributed by atoms with Crippen molar-refractivity contribution in [2.24, 2.45) is 0 Å². The van der Waals surface area contributed by atoms with Crippen LogP contribution < -0.4 is 0 Å². The highest BCUT2D eigenvalue weighted by Crippen LogP contribution is 2.18. The van der Waals surface area contributed by atoms with E-state index in [1.807, 2.05) is 6.92 Å². The Morgan fingerprint density at radius 3 is 2.64 bits per heavy atom. The molecule has 1 N–H and O–H groups in total. The van der Waals surface area contributed by atoms with Gasteiger partial charge in [0.05, 0.1) is 5.69 Å². The van der Waals surface area contributed by atoms with E-state index in [0.717, 1.165) is 12.1 Å². The average Bonchev–Trinajstić information content (AvgIpc) is 1.96. The van der Waals surface area contributed by atoms with Crippen molar-refractivity contribution >= 4 is 11.6 Å². The van der Waals surface area contributed by atoms with E-state index >= 15 is 0 Å². The lowest BCUT2D eigenvalue weighted by Crippen LogP contribution is -1.95. The number of hydrogen-bond donors (Lipinski definition) is 1. The highest BCUT2D eigenvalue weighted by atomic mass is 35.5. The van der Waals surface area contributed by atoms with E-state index in [1.54, 1.807) is 6.92 Å². The van der Waals surface area contributed by atoms with Gasteiger partial charge in [0.1, 0.15) is 0 Å². The Balaban J connectivity index is 3.24. The van der Waals surface area contributed by atoms with Crippen LogP contribution in [-0.4, -0.2) is 15.1 Å². The summed E-state index contributed by atoms with van der Waals surface area (Å²) >= 11 is 5.52. The number of aromatic hydroxyl groups is 1. The molecule has 0 unspecified atom stereocenters. The lowest BCUT2D eigenvalue weighted by molar-refractivity contribution is 0.446. The normalized spacial score (nSPS) is 10.1. The average molecular weight is 173 g/mol. The molecule has 1 rings (SSSR count). The van der Waals surface area contributed by atoms with Crippen LogP contribution >= 0.6 is 11.6 Å². The SMILES string of the molecule is CCc1nc(Cl)nc(O)c1C. The van der Waals surface area contributed by atoms with Gasteiger partial charge >= 0.3 is 0 Å². The maximum absolute atomic E-state index is 9.18. The van der Waals surface area contributed by atoms with Crippen LogP contribution in [0.25, 0.3) is 0 Å². The van der Waals surface area contributed by atoms with Crippen LogP contribution in [0.15, 0.2) is 0 Å². The minimum absolute atomic E-state index is 0.0261. The molecular weight excluding hydrogens is 164 g/mol. The third kappa shape index (κ3) is 1.60. The van der Waals surface area contributed by atoms with Gasteiger partial charge in [-0.25, -0.2) is 4.98 Å². The highest BCUT2D eigenvalue weighted by Gasteiger charge is 2.05. The molecule has 0 aliphatic heterocycles. The van der Waals surface area contributed by atoms with E-state index in [2.05, 4.69) is 9.97 Å². The zero-order valence-corrected chi connectivity index (χ0v) is 7.18. The second-order valence-corrected chi connectivity index (χ2v) is 2.58. The molecule has 0 fully saturated rings. The fourth-order valence-electron chi connectivity index (χ4n) is 0.865. The predicted molar refractivity (Wildman–Crippen MR) is 42.8 cm³/mol. The molecule has 0 amide bonds. The van der Waals surface area contributed by atoms with Crippen molar-refractivity contribution in [3.8, 4) is 5.88 Å². The number of aryl methyl sites for hydroxylation is 1. The molecule has 0 atom stereocenters. The van der Waals surface area contributed by atoms with Gasteiger partial charge in [-0.1, -0.05) is 6.92 Å². The molecule has 60 valence electrons. The first-order chi connectivity index (χ1) is 5.15. The van der Waals surface area contributed by atoms with Gasteiger partial charge in [-0.05, 0) is 24.9 Å². The topological polar surface area (TPSA) is 46.0 Å². The quantitative estimate of drug-likeness (QED) is 0.656. The van der Waals surface area contributed by atoms with E-state index in [1.165, 1.54) is 0 Å². The van der Waals surface area contributed by atoms with Crippen LogP contribution in [0.1, 0.15) is 18.2 Å². The van der Waals surface area contributed by atoms with Crippen molar-refractivity contribution in [3.05, 3.63) is 16.5 Å². The number of nitrogens with zero attached hydrogens (tertiary/aromatic N) is 2. The molecule has 1 heterocycles. The van der Waals surface area contributed by atoms with E-state index in [-0.39, 0.29) is 11.2 Å². The van der Waals surface area contributed by atoms with Crippen molar-refractivity contribution < 1.29 is 5.11 Å². The summed E-state index contributed by atoms with van der Waals surface area (Å²) in [4.78, 5) is 7.54. The van der Waals surface area contributed by atoms with E-state index < -0.39 is 0 Å². The van der Waals surface area contributed by atoms with Crippen LogP contribution in [-0.2, 0) is 6.42 Å². The number of aromatic nitrogens is 2. The lowest BCUT2D eigenvalue weighted by Gasteiger charge is -2.02. The third-order valence-corrected chi connectivity index (χ3v) is 1.70. The molecular formula is C7H9ClN2O. The second kappa shape index (κ2) is 3.05. The molecule has 0 aromatic carbocycles. The third-order valence-electron chi connectivity index (χ3n) is 1.53. The second-order valence-electron chi connectivity index (χ2n) is 2.24. The molecule has 0 aliphatic rings. The monoisotopic (exact) mass is 172 g/mol. The highest BCUT2D eigenvalue weighted by molar-refractivity contribution is 6.28. The fourth-order valence-corrected chi connectivity index (χ4v) is 1.05. The Kier molecular flexibility index (Phi) is 2.29. The molecule has 1 aromatic rings. The lowest BCUT2D eigenvalue weighted by atomic mass is 10.2. The van der Waals surface area contributed by atoms with E-state index in [4.69, 9.17) is 11.6 Å². The minimum Gasteiger partial charge on any atom is -0.493 e. The smallest absolute Gasteiger partial charge is 0.225 e. The number of rotatable bonds is 1. The van der Waals surface area contributed by atoms with Gasteiger partial charge in [-0.15, -0.1) is 0 Å². The van der Waals surface area contributed by atoms with Crippen molar-refractivity contribution in [3.63, 3.8) is 0 Å². The molecule has 0 radical (unpaired) electrons. The van der Waals surface area contributed by atoms with Crippen LogP contribution in [0.4, 0.5) is 0 Å². The largest absolute Gasteiger partial charge is 0.493 e. The Labute approximate surface area is 70.1 Å². The molecule has 4 heteroatoms. The number of halogens is 1. The summed E-state index contributed by atoms with van der Waals surface area (Å²) in [5.74, 6) is -0.0261. The Morgan fingerprint density at radius 2 is 2.09 bits per heavy atom. The molecule has 11 heavy (non-hydrogen) atoms. The molecule has 0 spiro atoms. The van der Waals surface area contributed by atoms with Crippen molar-refractivity contribution in [1.82, 2.24) is 9.97 Å². The Bertz CT molecular complexity index is 275. The Morgan fingerprint density at radius 1 is 1.45 bits per heavy atom. The molecule has 1 aromatic heterocycles. The molecule has 0 bridgehead atoms. The molecule has 0 saturated carbocycles. The van der Waals surface area contributed by atoms with E-state index in [9.17, 15) is 5.11 Å². The molecule has 0 aliphatic carbocycles. The fraction of sp³-hybridized carbons (Fsp3) is 0.429. The maximum Gasteiger partial charge on any atom is 0.225 e. The summed E-state index contributed by atoms with van der Waals surface area (Å²) in [7, 11) is 0. The van der Waals surface area contributed by atoms with Crippen LogP contribution in [0.5, 0.6) is 5.88 Å². The zero-order valence-electron chi connectivity index (χ0n) is 6.43. The maximum atomic E-state index is 9.18. The van der Waals surface area contributed by atoms with Crippen molar-refractivity contribution in [1.29, 1.82) is 0 Å². The summed E-state index contributed by atoms with van der Waals surface area (Å²) in [5, 5.41) is 9.28. The first kappa shape index (κ1) is 8.27. The zero-order chi connectivity index (χ0) is 8.43. The van der Waals surface area contributed by atoms with Gasteiger partial charge < -0.3 is 5.11 Å². The molecule has 0 saturated heterocycles. The van der Waals surface area contributed by atoms with Gasteiger partial charge in [0.15, 0.2) is 0 Å². The first-order valence-corrected chi connectivity index (χ1v) is 3.75. The van der Waals surface area contributed by atoms with Gasteiger partial charge in [0, 0.05) is 5.56 Å². The van der Waals surface area contributed by atoms with Gasteiger partial charge in [0.25, 0.3) is 0 Å². The van der Waals surface area contributed by atoms with Crippen molar-refractivity contribution in [2.75, 3.05) is 0 Å². The first-order valence-electron chi connectivity index (χ1n) is 3.37. The van der Waals surface area contributed by atoms with Crippen LogP contribution in [0, 0.1) is 6.92 Å². The van der Waals surface area contributed by atoms with Crippen LogP contribution in [0.3, 0.4) is 0 Å². The Hall–Kier alpha value is -0.830. The minimum atomic E-state index is -0.0261. The van der Waals surface area contributed by atoms with Gasteiger partial charge in [-0.2, -0.15) is 4.98 Å². The summed E-state index contributed by atoms with van der Waals surface area (Å²) in [6, 6.07) is 0. The number of hydrogen-bond acceptors (Lipinski definition) is 3. The predicted octanol–water partition coefficient (Wildman–Crippen LogP) is 1.71. The van der Waals surface area contributed by atoms with Gasteiger partial charge in [-0.3, -0.25) is 0 Å². The van der Waals surface area contributed by atoms with E-state index in [0.29, 0.717) is 5.56 Å². The van der Waals surface area contributed by atoms with Crippen LogP contribution in [0.2, 0.25) is 5.28 Å². The molecule has 3 nitrogen and oxygen atoms in total. The summed E-state index contributed by atoms with van der Waals surface area (Å²) in [6.07, 6.45) is 0.752. The summed E-state index contributed by atoms with van der Waals surface area (Å²) < 4.78 is 0. The van der Waals surface area contributed by atoms with Gasteiger partial charge in [0.2, 0.25) is 11.2 Å². The summed E-state index contributed by atoms with van der Waals surface area (Å²) in [5.41, 5.74) is 1.50. The van der Waals surface area contributed by atoms with Crippen molar-refractivity contribution in [2.45, 2.75) is 20.3 Å². The standard InChI is InChI=1S/C7H9ClN2O/c1-3-5-4(2)6(11)10-7(8)9-5/h3H2,1-2H3,(H,9,10,11). The summed E-state index contributed by atoms with van der Waals surface area (Å²) in [6.45, 7) is 3.72.